The number of carbonyl (C=O) groups excluding carboxylic acids is 1. The third kappa shape index (κ3) is 3.76. The average Bonchev–Trinajstić information content (AvgIpc) is 3.23. The average molecular weight is 340 g/mol. The molecule has 1 saturated carbocycles. The molecule has 2 heterocycles. The zero-order valence-electron chi connectivity index (χ0n) is 14.6. The van der Waals surface area contributed by atoms with Crippen molar-refractivity contribution < 1.29 is 14.1 Å². The summed E-state index contributed by atoms with van der Waals surface area (Å²) < 4.78 is 11.3. The van der Waals surface area contributed by atoms with E-state index in [0.29, 0.717) is 18.0 Å². The molecule has 0 bridgehead atoms. The highest BCUT2D eigenvalue weighted by Crippen LogP contribution is 2.32. The van der Waals surface area contributed by atoms with E-state index >= 15 is 0 Å². The number of amides is 1. The topological polar surface area (TPSA) is 55.6 Å². The molecule has 1 amide bonds. The van der Waals surface area contributed by atoms with Gasteiger partial charge in [0, 0.05) is 19.2 Å². The van der Waals surface area contributed by atoms with Crippen LogP contribution < -0.4 is 0 Å². The molecule has 0 spiro atoms. The molecule has 2 atom stereocenters. The maximum Gasteiger partial charge on any atom is 0.276 e. The molecule has 1 saturated heterocycles. The highest BCUT2D eigenvalue weighted by atomic mass is 16.5. The molecule has 5 nitrogen and oxygen atoms in total. The van der Waals surface area contributed by atoms with E-state index in [0.717, 1.165) is 25.4 Å². The third-order valence-electron chi connectivity index (χ3n) is 5.12. The molecule has 25 heavy (non-hydrogen) atoms. The molecule has 1 aromatic carbocycles. The van der Waals surface area contributed by atoms with Crippen LogP contribution in [0.25, 0.3) is 0 Å². The van der Waals surface area contributed by atoms with Crippen LogP contribution in [0.2, 0.25) is 0 Å². The van der Waals surface area contributed by atoms with Gasteiger partial charge >= 0.3 is 0 Å². The summed E-state index contributed by atoms with van der Waals surface area (Å²) >= 11 is 0. The van der Waals surface area contributed by atoms with Gasteiger partial charge in [0.05, 0.1) is 12.1 Å². The lowest BCUT2D eigenvalue weighted by molar-refractivity contribution is 0.0197. The molecule has 5 heteroatoms. The number of benzene rings is 1. The van der Waals surface area contributed by atoms with Crippen molar-refractivity contribution in [1.29, 1.82) is 0 Å². The van der Waals surface area contributed by atoms with Gasteiger partial charge in [-0.15, -0.1) is 0 Å². The predicted octanol–water partition coefficient (Wildman–Crippen LogP) is 3.24. The smallest absolute Gasteiger partial charge is 0.276 e. The quantitative estimate of drug-likeness (QED) is 0.810. The number of ether oxygens (including phenoxy) is 1. The number of carbonyl (C=O) groups is 1. The molecule has 2 fully saturated rings. The van der Waals surface area contributed by atoms with Crippen LogP contribution in [0.5, 0.6) is 0 Å². The fourth-order valence-electron chi connectivity index (χ4n) is 3.53. The number of hydrogen-bond acceptors (Lipinski definition) is 4. The zero-order chi connectivity index (χ0) is 17.2. The number of hydrogen-bond donors (Lipinski definition) is 0. The first-order valence-electron chi connectivity index (χ1n) is 9.10. The third-order valence-corrected chi connectivity index (χ3v) is 5.12. The van der Waals surface area contributed by atoms with E-state index in [1.807, 2.05) is 23.1 Å². The van der Waals surface area contributed by atoms with Crippen LogP contribution in [-0.2, 0) is 11.2 Å². The highest BCUT2D eigenvalue weighted by Gasteiger charge is 2.39. The molecular weight excluding hydrogens is 316 g/mol. The van der Waals surface area contributed by atoms with Gasteiger partial charge < -0.3 is 14.2 Å². The zero-order valence-corrected chi connectivity index (χ0v) is 14.6. The lowest BCUT2D eigenvalue weighted by Gasteiger charge is -2.28. The molecule has 1 aliphatic heterocycles. The van der Waals surface area contributed by atoms with Crippen molar-refractivity contribution in [3.8, 4) is 0 Å². The summed E-state index contributed by atoms with van der Waals surface area (Å²) in [6, 6.07) is 12.1. The van der Waals surface area contributed by atoms with Gasteiger partial charge in [0.15, 0.2) is 5.69 Å². The van der Waals surface area contributed by atoms with Gasteiger partial charge in [0.2, 0.25) is 0 Å². The monoisotopic (exact) mass is 340 g/mol. The molecular formula is C20H24N2O3. The molecule has 1 aromatic heterocycles. The lowest BCUT2D eigenvalue weighted by Crippen LogP contribution is -2.42. The number of aromatic nitrogens is 1. The van der Waals surface area contributed by atoms with Crippen LogP contribution >= 0.6 is 0 Å². The largest absolute Gasteiger partial charge is 0.376 e. The van der Waals surface area contributed by atoms with Gasteiger partial charge in [-0.1, -0.05) is 35.5 Å². The summed E-state index contributed by atoms with van der Waals surface area (Å²) in [7, 11) is 0. The highest BCUT2D eigenvalue weighted by molar-refractivity contribution is 5.92. The Bertz CT molecular complexity index is 724. The van der Waals surface area contributed by atoms with Crippen LogP contribution in [-0.4, -0.2) is 41.3 Å². The summed E-state index contributed by atoms with van der Waals surface area (Å²) in [5, 5.41) is 3.90. The Morgan fingerprint density at radius 2 is 2.08 bits per heavy atom. The van der Waals surface area contributed by atoms with Gasteiger partial charge in [-0.2, -0.15) is 0 Å². The Balaban J connectivity index is 1.52. The molecule has 4 rings (SSSR count). The standard InChI is InChI=1S/C20H24N2O3/c1-14-11-17(21-25-14)20(23)22-10-9-19(24-13-16-7-8-16)18(22)12-15-5-3-2-4-6-15/h2-6,11,16,18-19H,7-10,12-13H2,1H3/t18-,19-/m1/s1. The minimum Gasteiger partial charge on any atom is -0.376 e. The van der Waals surface area contributed by atoms with Crippen molar-refractivity contribution in [2.75, 3.05) is 13.2 Å². The molecule has 0 N–H and O–H groups in total. The van der Waals surface area contributed by atoms with E-state index in [9.17, 15) is 4.79 Å². The minimum atomic E-state index is -0.0599. The second-order valence-electron chi connectivity index (χ2n) is 7.18. The maximum absolute atomic E-state index is 12.9. The number of aryl methyl sites for hydroxylation is 1. The molecule has 2 aliphatic rings. The maximum atomic E-state index is 12.9. The first-order chi connectivity index (χ1) is 12.2. The molecule has 2 aromatic rings. The second-order valence-corrected chi connectivity index (χ2v) is 7.18. The van der Waals surface area contributed by atoms with Gasteiger partial charge in [-0.25, -0.2) is 0 Å². The van der Waals surface area contributed by atoms with Crippen LogP contribution in [0, 0.1) is 12.8 Å². The van der Waals surface area contributed by atoms with Crippen LogP contribution in [0.1, 0.15) is 41.1 Å². The summed E-state index contributed by atoms with van der Waals surface area (Å²) in [5.41, 5.74) is 1.61. The van der Waals surface area contributed by atoms with Crippen molar-refractivity contribution in [2.24, 2.45) is 5.92 Å². The summed E-state index contributed by atoms with van der Waals surface area (Å²) in [5.74, 6) is 1.32. The SMILES string of the molecule is Cc1cc(C(=O)N2CC[C@@H](OCC3CC3)[C@H]2Cc2ccccc2)no1. The van der Waals surface area contributed by atoms with Crippen molar-refractivity contribution in [2.45, 2.75) is 44.8 Å². The Morgan fingerprint density at radius 3 is 2.76 bits per heavy atom. The van der Waals surface area contributed by atoms with E-state index < -0.39 is 0 Å². The number of nitrogens with zero attached hydrogens (tertiary/aromatic N) is 2. The van der Waals surface area contributed by atoms with E-state index in [2.05, 4.69) is 17.3 Å². The fraction of sp³-hybridized carbons (Fsp3) is 0.500. The van der Waals surface area contributed by atoms with E-state index in [-0.39, 0.29) is 18.1 Å². The van der Waals surface area contributed by atoms with Gasteiger partial charge in [0.1, 0.15) is 5.76 Å². The second kappa shape index (κ2) is 7.00. The van der Waals surface area contributed by atoms with Crippen LogP contribution in [0.3, 0.4) is 0 Å². The van der Waals surface area contributed by atoms with Crippen molar-refractivity contribution >= 4 is 5.91 Å². The van der Waals surface area contributed by atoms with Crippen LogP contribution in [0.15, 0.2) is 40.9 Å². The molecule has 0 radical (unpaired) electrons. The Labute approximate surface area is 147 Å². The Morgan fingerprint density at radius 1 is 1.28 bits per heavy atom. The van der Waals surface area contributed by atoms with Crippen molar-refractivity contribution in [3.05, 3.63) is 53.4 Å². The minimum absolute atomic E-state index is 0.0469. The summed E-state index contributed by atoms with van der Waals surface area (Å²) in [6.07, 6.45) is 4.33. The molecule has 132 valence electrons. The first-order valence-corrected chi connectivity index (χ1v) is 9.10. The summed E-state index contributed by atoms with van der Waals surface area (Å²) in [4.78, 5) is 14.8. The predicted molar refractivity (Wildman–Crippen MR) is 93.3 cm³/mol. The first kappa shape index (κ1) is 16.3. The van der Waals surface area contributed by atoms with Crippen molar-refractivity contribution in [3.63, 3.8) is 0 Å². The van der Waals surface area contributed by atoms with Gasteiger partial charge in [-0.05, 0) is 44.1 Å². The fourth-order valence-corrected chi connectivity index (χ4v) is 3.53. The van der Waals surface area contributed by atoms with E-state index in [4.69, 9.17) is 9.26 Å². The van der Waals surface area contributed by atoms with E-state index in [1.54, 1.807) is 13.0 Å². The Hall–Kier alpha value is -2.14. The Kier molecular flexibility index (Phi) is 4.57. The van der Waals surface area contributed by atoms with Crippen molar-refractivity contribution in [1.82, 2.24) is 10.1 Å². The van der Waals surface area contributed by atoms with Crippen LogP contribution in [0.4, 0.5) is 0 Å². The number of rotatable bonds is 6. The molecule has 1 aliphatic carbocycles. The lowest BCUT2D eigenvalue weighted by atomic mass is 10.0. The van der Waals surface area contributed by atoms with Gasteiger partial charge in [-0.3, -0.25) is 4.79 Å². The number of likely N-dealkylation sites (tertiary alicyclic amines) is 1. The molecule has 0 unspecified atom stereocenters. The summed E-state index contributed by atoms with van der Waals surface area (Å²) in [6.45, 7) is 3.33. The van der Waals surface area contributed by atoms with E-state index in [1.165, 1.54) is 18.4 Å². The normalized spacial score (nSPS) is 23.2. The van der Waals surface area contributed by atoms with Gasteiger partial charge in [0.25, 0.3) is 5.91 Å².